The first kappa shape index (κ1) is 18.5. The summed E-state index contributed by atoms with van der Waals surface area (Å²) in [5.74, 6) is 0.441. The summed E-state index contributed by atoms with van der Waals surface area (Å²) in [5, 5.41) is 18.3. The summed E-state index contributed by atoms with van der Waals surface area (Å²) in [6.07, 6.45) is 2.10. The van der Waals surface area contributed by atoms with Gasteiger partial charge in [-0.05, 0) is 19.4 Å². The lowest BCUT2D eigenvalue weighted by atomic mass is 10.1. The number of carbonyl (C=O) groups excluding carboxylic acids is 1. The molecule has 132 valence electrons. The largest absolute Gasteiger partial charge is 0.374 e. The Morgan fingerprint density at radius 2 is 2.08 bits per heavy atom. The Morgan fingerprint density at radius 1 is 1.32 bits per heavy atom. The van der Waals surface area contributed by atoms with Gasteiger partial charge in [0, 0.05) is 12.3 Å². The molecule has 0 spiro atoms. The van der Waals surface area contributed by atoms with Crippen LogP contribution in [-0.2, 0) is 17.9 Å². The predicted molar refractivity (Wildman–Crippen MR) is 94.8 cm³/mol. The van der Waals surface area contributed by atoms with Gasteiger partial charge in [0.05, 0.1) is 37.8 Å². The van der Waals surface area contributed by atoms with Gasteiger partial charge < -0.3 is 10.1 Å². The van der Waals surface area contributed by atoms with E-state index in [9.17, 15) is 4.79 Å². The number of ether oxygens (including phenoxy) is 1. The molecule has 0 saturated heterocycles. The molecule has 0 atom stereocenters. The summed E-state index contributed by atoms with van der Waals surface area (Å²) in [5.41, 5.74) is 0.563. The average Bonchev–Trinajstić information content (AvgIpc) is 3.00. The Bertz CT molecular complexity index is 719. The molecular formula is C18H23N5O2. The van der Waals surface area contributed by atoms with E-state index in [4.69, 9.17) is 10.00 Å². The van der Waals surface area contributed by atoms with Gasteiger partial charge in [0.25, 0.3) is 0 Å². The van der Waals surface area contributed by atoms with Crippen molar-refractivity contribution in [3.05, 3.63) is 48.2 Å². The molecule has 2 aromatic rings. The zero-order chi connectivity index (χ0) is 18.1. The number of rotatable bonds is 8. The van der Waals surface area contributed by atoms with Gasteiger partial charge in [-0.2, -0.15) is 10.4 Å². The highest BCUT2D eigenvalue weighted by molar-refractivity contribution is 5.88. The molecule has 0 unspecified atom stereocenters. The van der Waals surface area contributed by atoms with Gasteiger partial charge in [-0.1, -0.05) is 30.3 Å². The Balaban J connectivity index is 1.76. The third kappa shape index (κ3) is 6.65. The minimum absolute atomic E-state index is 0.348. The third-order valence-electron chi connectivity index (χ3n) is 3.36. The van der Waals surface area contributed by atoms with Gasteiger partial charge >= 0.3 is 6.03 Å². The summed E-state index contributed by atoms with van der Waals surface area (Å²) in [6, 6.07) is 13.3. The summed E-state index contributed by atoms with van der Waals surface area (Å²) in [6.45, 7) is 5.16. The zero-order valence-electron chi connectivity index (χ0n) is 14.5. The fourth-order valence-electron chi connectivity index (χ4n) is 2.21. The molecule has 1 aromatic heterocycles. The maximum Gasteiger partial charge on any atom is 0.320 e. The highest BCUT2D eigenvalue weighted by atomic mass is 16.5. The van der Waals surface area contributed by atoms with Crippen LogP contribution in [0.3, 0.4) is 0 Å². The van der Waals surface area contributed by atoms with Gasteiger partial charge in [-0.3, -0.25) is 10.00 Å². The van der Waals surface area contributed by atoms with E-state index >= 15 is 0 Å². The summed E-state index contributed by atoms with van der Waals surface area (Å²) in [4.78, 5) is 12.1. The van der Waals surface area contributed by atoms with Crippen molar-refractivity contribution in [2.75, 3.05) is 11.9 Å². The first-order chi connectivity index (χ1) is 12.0. The molecule has 0 aliphatic carbocycles. The van der Waals surface area contributed by atoms with E-state index in [0.717, 1.165) is 5.56 Å². The van der Waals surface area contributed by atoms with Crippen LogP contribution in [0, 0.1) is 11.3 Å². The number of nitrogens with one attached hydrogen (secondary N) is 2. The van der Waals surface area contributed by atoms with E-state index in [1.165, 1.54) is 0 Å². The molecule has 1 heterocycles. The van der Waals surface area contributed by atoms with Crippen LogP contribution in [-0.4, -0.2) is 28.0 Å². The number of aryl methyl sites for hydroxylation is 1. The number of urea groups is 1. The number of aromatic nitrogens is 2. The molecular weight excluding hydrogens is 318 g/mol. The lowest BCUT2D eigenvalue weighted by molar-refractivity contribution is 0.0752. The van der Waals surface area contributed by atoms with Crippen LogP contribution in [0.15, 0.2) is 42.6 Å². The van der Waals surface area contributed by atoms with Gasteiger partial charge in [0.2, 0.25) is 0 Å². The van der Waals surface area contributed by atoms with E-state index in [2.05, 4.69) is 21.8 Å². The van der Waals surface area contributed by atoms with Crippen molar-refractivity contribution < 1.29 is 9.53 Å². The van der Waals surface area contributed by atoms with E-state index < -0.39 is 5.54 Å². The molecule has 1 aromatic carbocycles. The molecule has 0 aliphatic rings. The maximum atomic E-state index is 12.1. The number of nitrogens with zero attached hydrogens (tertiary/aromatic N) is 3. The van der Waals surface area contributed by atoms with E-state index in [1.807, 2.05) is 44.2 Å². The van der Waals surface area contributed by atoms with Gasteiger partial charge in [0.1, 0.15) is 0 Å². The van der Waals surface area contributed by atoms with Crippen LogP contribution in [0.2, 0.25) is 0 Å². The van der Waals surface area contributed by atoms with Gasteiger partial charge in [0.15, 0.2) is 5.82 Å². The normalized spacial score (nSPS) is 10.9. The highest BCUT2D eigenvalue weighted by Crippen LogP contribution is 2.08. The van der Waals surface area contributed by atoms with Crippen molar-refractivity contribution in [2.24, 2.45) is 0 Å². The zero-order valence-corrected chi connectivity index (χ0v) is 14.5. The lowest BCUT2D eigenvalue weighted by Gasteiger charge is -2.26. The molecule has 2 amide bonds. The molecule has 2 N–H and O–H groups in total. The van der Waals surface area contributed by atoms with Crippen LogP contribution < -0.4 is 10.6 Å². The molecule has 7 heteroatoms. The number of hydrogen-bond donors (Lipinski definition) is 2. The predicted octanol–water partition coefficient (Wildman–Crippen LogP) is 2.91. The minimum atomic E-state index is -0.526. The first-order valence-corrected chi connectivity index (χ1v) is 8.10. The number of anilines is 1. The molecule has 25 heavy (non-hydrogen) atoms. The fraction of sp³-hybridized carbons (Fsp3) is 0.389. The van der Waals surface area contributed by atoms with Gasteiger partial charge in [-0.25, -0.2) is 4.79 Å². The van der Waals surface area contributed by atoms with Crippen molar-refractivity contribution in [1.82, 2.24) is 15.1 Å². The van der Waals surface area contributed by atoms with Crippen molar-refractivity contribution in [3.8, 4) is 6.07 Å². The van der Waals surface area contributed by atoms with E-state index in [-0.39, 0.29) is 6.03 Å². The summed E-state index contributed by atoms with van der Waals surface area (Å²) < 4.78 is 7.31. The Labute approximate surface area is 147 Å². The topological polar surface area (TPSA) is 92.0 Å². The number of benzene rings is 1. The molecule has 2 rings (SSSR count). The molecule has 0 radical (unpaired) electrons. The van der Waals surface area contributed by atoms with E-state index in [1.54, 1.807) is 16.9 Å². The van der Waals surface area contributed by atoms with E-state index in [0.29, 0.717) is 32.0 Å². The summed E-state index contributed by atoms with van der Waals surface area (Å²) in [7, 11) is 0. The Hall–Kier alpha value is -2.85. The Kier molecular flexibility index (Phi) is 6.54. The highest BCUT2D eigenvalue weighted by Gasteiger charge is 2.21. The maximum absolute atomic E-state index is 12.1. The van der Waals surface area contributed by atoms with Crippen LogP contribution in [0.5, 0.6) is 0 Å². The van der Waals surface area contributed by atoms with Crippen molar-refractivity contribution in [1.29, 1.82) is 5.26 Å². The molecule has 0 aliphatic heterocycles. The SMILES string of the molecule is CC(C)(COCc1ccccc1)NC(=O)Nc1ccn(CCC#N)n1. The smallest absolute Gasteiger partial charge is 0.320 e. The lowest BCUT2D eigenvalue weighted by Crippen LogP contribution is -2.48. The molecule has 0 saturated carbocycles. The standard InChI is InChI=1S/C18H23N5O2/c1-18(2,14-25-13-15-7-4-3-5-8-15)21-17(24)20-16-9-12-23(22-16)11-6-10-19/h3-5,7-9,12H,6,11,13-14H2,1-2H3,(H2,20,21,22,24). The summed E-state index contributed by atoms with van der Waals surface area (Å²) >= 11 is 0. The van der Waals surface area contributed by atoms with Crippen LogP contribution in [0.25, 0.3) is 0 Å². The minimum Gasteiger partial charge on any atom is -0.374 e. The number of amides is 2. The van der Waals surface area contributed by atoms with Gasteiger partial charge in [-0.15, -0.1) is 0 Å². The van der Waals surface area contributed by atoms with Crippen molar-refractivity contribution in [2.45, 2.75) is 39.0 Å². The Morgan fingerprint density at radius 3 is 2.80 bits per heavy atom. The monoisotopic (exact) mass is 341 g/mol. The molecule has 0 fully saturated rings. The third-order valence-corrected chi connectivity index (χ3v) is 3.36. The first-order valence-electron chi connectivity index (χ1n) is 8.10. The second-order valence-electron chi connectivity index (χ2n) is 6.31. The fourth-order valence-corrected chi connectivity index (χ4v) is 2.21. The number of hydrogen-bond acceptors (Lipinski definition) is 4. The second-order valence-corrected chi connectivity index (χ2v) is 6.31. The van der Waals surface area contributed by atoms with Crippen molar-refractivity contribution >= 4 is 11.8 Å². The van der Waals surface area contributed by atoms with Crippen LogP contribution >= 0.6 is 0 Å². The average molecular weight is 341 g/mol. The number of carbonyl (C=O) groups is 1. The molecule has 7 nitrogen and oxygen atoms in total. The quantitative estimate of drug-likeness (QED) is 0.772. The second kappa shape index (κ2) is 8.85. The van der Waals surface area contributed by atoms with Crippen LogP contribution in [0.4, 0.5) is 10.6 Å². The van der Waals surface area contributed by atoms with Crippen LogP contribution in [0.1, 0.15) is 25.8 Å². The van der Waals surface area contributed by atoms with Crippen molar-refractivity contribution in [3.63, 3.8) is 0 Å². The molecule has 0 bridgehead atoms. The number of nitriles is 1.